The Hall–Kier alpha value is 0.0700. The summed E-state index contributed by atoms with van der Waals surface area (Å²) in [6.45, 7) is 10.8. The van der Waals surface area contributed by atoms with Crippen molar-refractivity contribution in [2.75, 3.05) is 32.4 Å². The summed E-state index contributed by atoms with van der Waals surface area (Å²) in [5.74, 6) is 0.676. The molecule has 0 spiro atoms. The van der Waals surface area contributed by atoms with Crippen molar-refractivity contribution >= 4 is 10.8 Å². The first-order valence-corrected chi connectivity index (χ1v) is 7.40. The molecule has 3 unspecified atom stereocenters. The summed E-state index contributed by atoms with van der Waals surface area (Å²) in [5, 5.41) is 3.82. The van der Waals surface area contributed by atoms with E-state index in [2.05, 4.69) is 31.0 Å². The zero-order valence-corrected chi connectivity index (χ0v) is 11.1. The summed E-state index contributed by atoms with van der Waals surface area (Å²) < 4.78 is 11.3. The van der Waals surface area contributed by atoms with Gasteiger partial charge in [-0.3, -0.25) is 9.11 Å². The zero-order valence-electron chi connectivity index (χ0n) is 10.3. The fraction of sp³-hybridized carbons (Fsp3) is 1.00. The summed E-state index contributed by atoms with van der Waals surface area (Å²) >= 11 is 0. The van der Waals surface area contributed by atoms with E-state index in [1.165, 1.54) is 0 Å². The third kappa shape index (κ3) is 4.21. The van der Waals surface area contributed by atoms with Gasteiger partial charge in [0.1, 0.15) is 0 Å². The number of rotatable bonds is 4. The van der Waals surface area contributed by atoms with E-state index in [9.17, 15) is 4.21 Å². The Labute approximate surface area is 96.1 Å². The Morgan fingerprint density at radius 1 is 1.47 bits per heavy atom. The maximum atomic E-state index is 11.3. The third-order valence-electron chi connectivity index (χ3n) is 3.18. The molecule has 0 aliphatic carbocycles. The molecule has 4 heteroatoms. The first-order valence-electron chi connectivity index (χ1n) is 5.78. The lowest BCUT2D eigenvalue weighted by molar-refractivity contribution is 0.177. The smallest absolute Gasteiger partial charge is 0.0444 e. The molecule has 0 bridgehead atoms. The molecular weight excluding hydrogens is 208 g/mol. The Balaban J connectivity index is 2.39. The number of hydrogen-bond acceptors (Lipinski definition) is 3. The topological polar surface area (TPSA) is 32.3 Å². The predicted octanol–water partition coefficient (Wildman–Crippen LogP) is 0.683. The summed E-state index contributed by atoms with van der Waals surface area (Å²) in [6, 6.07) is 0.594. The van der Waals surface area contributed by atoms with Crippen LogP contribution in [0.3, 0.4) is 0 Å². The fourth-order valence-corrected chi connectivity index (χ4v) is 2.34. The van der Waals surface area contributed by atoms with Crippen molar-refractivity contribution in [2.24, 2.45) is 5.92 Å². The molecule has 90 valence electrons. The molecule has 0 radical (unpaired) electrons. The van der Waals surface area contributed by atoms with E-state index in [1.807, 2.05) is 0 Å². The molecule has 1 aliphatic rings. The molecule has 1 saturated heterocycles. The van der Waals surface area contributed by atoms with Gasteiger partial charge in [0.05, 0.1) is 0 Å². The number of piperazine rings is 1. The zero-order chi connectivity index (χ0) is 11.4. The minimum atomic E-state index is -0.696. The Bertz CT molecular complexity index is 221. The van der Waals surface area contributed by atoms with Crippen molar-refractivity contribution in [2.45, 2.75) is 32.1 Å². The van der Waals surface area contributed by atoms with Crippen molar-refractivity contribution in [3.63, 3.8) is 0 Å². The summed E-state index contributed by atoms with van der Waals surface area (Å²) in [5.41, 5.74) is 0. The maximum Gasteiger partial charge on any atom is 0.0444 e. The maximum absolute atomic E-state index is 11.3. The highest BCUT2D eigenvalue weighted by Gasteiger charge is 2.23. The SMILES string of the molecule is CC(C)C1CN(CC(C)S(C)=O)CCN1. The largest absolute Gasteiger partial charge is 0.311 e. The van der Waals surface area contributed by atoms with Crippen LogP contribution in [0.5, 0.6) is 0 Å². The molecule has 0 aromatic heterocycles. The molecule has 0 amide bonds. The second-order valence-electron chi connectivity index (χ2n) is 4.87. The average Bonchev–Trinajstić information content (AvgIpc) is 2.18. The molecule has 1 aliphatic heterocycles. The minimum Gasteiger partial charge on any atom is -0.311 e. The van der Waals surface area contributed by atoms with E-state index in [0.29, 0.717) is 12.0 Å². The van der Waals surface area contributed by atoms with Crippen molar-refractivity contribution < 1.29 is 4.21 Å². The van der Waals surface area contributed by atoms with Crippen LogP contribution < -0.4 is 5.32 Å². The predicted molar refractivity (Wildman–Crippen MR) is 66.6 cm³/mol. The number of nitrogens with one attached hydrogen (secondary N) is 1. The van der Waals surface area contributed by atoms with Crippen LogP contribution in [0, 0.1) is 5.92 Å². The highest BCUT2D eigenvalue weighted by molar-refractivity contribution is 7.84. The van der Waals surface area contributed by atoms with Crippen LogP contribution in [0.1, 0.15) is 20.8 Å². The van der Waals surface area contributed by atoms with E-state index in [4.69, 9.17) is 0 Å². The molecule has 0 aromatic carbocycles. The molecule has 0 saturated carbocycles. The van der Waals surface area contributed by atoms with Crippen LogP contribution >= 0.6 is 0 Å². The molecule has 0 aromatic rings. The summed E-state index contributed by atoms with van der Waals surface area (Å²) in [7, 11) is -0.696. The minimum absolute atomic E-state index is 0.288. The number of nitrogens with zero attached hydrogens (tertiary/aromatic N) is 1. The van der Waals surface area contributed by atoms with Crippen molar-refractivity contribution in [3.8, 4) is 0 Å². The lowest BCUT2D eigenvalue weighted by atomic mass is 10.0. The van der Waals surface area contributed by atoms with E-state index >= 15 is 0 Å². The Morgan fingerprint density at radius 3 is 2.67 bits per heavy atom. The van der Waals surface area contributed by atoms with Gasteiger partial charge < -0.3 is 5.32 Å². The van der Waals surface area contributed by atoms with Crippen molar-refractivity contribution in [1.82, 2.24) is 10.2 Å². The second kappa shape index (κ2) is 5.97. The quantitative estimate of drug-likeness (QED) is 0.774. The van der Waals surface area contributed by atoms with E-state index < -0.39 is 10.8 Å². The molecule has 1 rings (SSSR count). The van der Waals surface area contributed by atoms with Gasteiger partial charge in [0.25, 0.3) is 0 Å². The van der Waals surface area contributed by atoms with E-state index in [0.717, 1.165) is 26.2 Å². The Kier molecular flexibility index (Phi) is 5.23. The van der Waals surface area contributed by atoms with Crippen LogP contribution in [0.15, 0.2) is 0 Å². The molecule has 3 atom stereocenters. The summed E-state index contributed by atoms with van der Waals surface area (Å²) in [4.78, 5) is 2.44. The third-order valence-corrected chi connectivity index (χ3v) is 4.46. The molecule has 3 nitrogen and oxygen atoms in total. The van der Waals surface area contributed by atoms with Crippen LogP contribution in [0.4, 0.5) is 0 Å². The van der Waals surface area contributed by atoms with Crippen LogP contribution in [-0.2, 0) is 10.8 Å². The van der Waals surface area contributed by atoms with Crippen molar-refractivity contribution in [3.05, 3.63) is 0 Å². The van der Waals surface area contributed by atoms with E-state index in [-0.39, 0.29) is 5.25 Å². The Morgan fingerprint density at radius 2 is 2.13 bits per heavy atom. The van der Waals surface area contributed by atoms with Gasteiger partial charge >= 0.3 is 0 Å². The van der Waals surface area contributed by atoms with Gasteiger partial charge in [-0.05, 0) is 12.8 Å². The highest BCUT2D eigenvalue weighted by Crippen LogP contribution is 2.09. The lowest BCUT2D eigenvalue weighted by Crippen LogP contribution is -2.54. The van der Waals surface area contributed by atoms with Gasteiger partial charge in [-0.15, -0.1) is 0 Å². The van der Waals surface area contributed by atoms with E-state index in [1.54, 1.807) is 6.26 Å². The van der Waals surface area contributed by atoms with Crippen molar-refractivity contribution in [1.29, 1.82) is 0 Å². The van der Waals surface area contributed by atoms with Gasteiger partial charge in [-0.2, -0.15) is 0 Å². The molecular formula is C11H24N2OS. The van der Waals surface area contributed by atoms with Crippen LogP contribution in [0.25, 0.3) is 0 Å². The average molecular weight is 232 g/mol. The molecule has 15 heavy (non-hydrogen) atoms. The van der Waals surface area contributed by atoms with Gasteiger partial charge in [0, 0.05) is 54.5 Å². The monoisotopic (exact) mass is 232 g/mol. The van der Waals surface area contributed by atoms with Gasteiger partial charge in [-0.25, -0.2) is 0 Å². The van der Waals surface area contributed by atoms with Gasteiger partial charge in [0.15, 0.2) is 0 Å². The van der Waals surface area contributed by atoms with Crippen LogP contribution in [0.2, 0.25) is 0 Å². The molecule has 1 heterocycles. The lowest BCUT2D eigenvalue weighted by Gasteiger charge is -2.36. The number of hydrogen-bond donors (Lipinski definition) is 1. The molecule has 1 N–H and O–H groups in total. The normalized spacial score (nSPS) is 27.9. The first-order chi connectivity index (χ1) is 7.00. The van der Waals surface area contributed by atoms with Crippen LogP contribution in [-0.4, -0.2) is 52.8 Å². The van der Waals surface area contributed by atoms with Gasteiger partial charge in [-0.1, -0.05) is 13.8 Å². The van der Waals surface area contributed by atoms with Gasteiger partial charge in [0.2, 0.25) is 0 Å². The second-order valence-corrected chi connectivity index (χ2v) is 6.68. The summed E-state index contributed by atoms with van der Waals surface area (Å²) in [6.07, 6.45) is 1.80. The first kappa shape index (κ1) is 13.1. The molecule has 1 fully saturated rings. The highest BCUT2D eigenvalue weighted by atomic mass is 32.2. The standard InChI is InChI=1S/C11H24N2OS/c1-9(2)11-8-13(6-5-12-11)7-10(3)15(4)14/h9-12H,5-8H2,1-4H3. The fourth-order valence-electron chi connectivity index (χ4n) is 1.92.